The summed E-state index contributed by atoms with van der Waals surface area (Å²) in [5.74, 6) is 0.0438. The number of ether oxygens (including phenoxy) is 2. The van der Waals surface area contributed by atoms with Crippen molar-refractivity contribution in [1.82, 2.24) is 10.3 Å². The summed E-state index contributed by atoms with van der Waals surface area (Å²) in [6.45, 7) is 5.11. The van der Waals surface area contributed by atoms with Crippen molar-refractivity contribution in [1.29, 1.82) is 0 Å². The van der Waals surface area contributed by atoms with Gasteiger partial charge in [0.25, 0.3) is 6.43 Å². The molecule has 0 aliphatic carbocycles. The first kappa shape index (κ1) is 24.9. The minimum absolute atomic E-state index is 0.0585. The number of nitrogens with zero attached hydrogens (tertiary/aromatic N) is 2. The average molecular weight is 507 g/mol. The summed E-state index contributed by atoms with van der Waals surface area (Å²) < 4.78 is 52.7. The molecular weight excluding hydrogens is 481 g/mol. The van der Waals surface area contributed by atoms with Crippen molar-refractivity contribution in [2.24, 2.45) is 0 Å². The van der Waals surface area contributed by atoms with E-state index in [0.29, 0.717) is 11.3 Å². The Bertz CT molecular complexity index is 1210. The van der Waals surface area contributed by atoms with Crippen molar-refractivity contribution in [3.63, 3.8) is 0 Å². The summed E-state index contributed by atoms with van der Waals surface area (Å²) in [6.07, 6.45) is -2.29. The lowest BCUT2D eigenvalue weighted by Gasteiger charge is -2.30. The number of anilines is 2. The third-order valence-electron chi connectivity index (χ3n) is 5.97. The molecule has 2 heterocycles. The number of benzene rings is 2. The van der Waals surface area contributed by atoms with E-state index >= 15 is 0 Å². The van der Waals surface area contributed by atoms with E-state index in [4.69, 9.17) is 26.8 Å². The second-order valence-electron chi connectivity index (χ2n) is 8.15. The standard InChI is InChI=1S/C25H26ClF3N4O2/c1-14(22-18(24(28)29)5-6-19(27)23(22)26)35-21-11-15(13-32-25(21)30)17-4-3-16(12-20(17)34-2)33-9-7-31-8-10-33/h3-6,11-14,24,31H,7-10H2,1-2H3,(H2,30,32). The SMILES string of the molecule is COc1cc(N2CCNCC2)ccc1-c1cnc(N)c(OC(C)c2c(C(F)F)ccc(F)c2Cl)c1. The zero-order valence-corrected chi connectivity index (χ0v) is 20.1. The number of hydrogen-bond acceptors (Lipinski definition) is 6. The molecule has 1 fully saturated rings. The Morgan fingerprint density at radius 3 is 2.54 bits per heavy atom. The van der Waals surface area contributed by atoms with Gasteiger partial charge in [0.05, 0.1) is 12.1 Å². The third-order valence-corrected chi connectivity index (χ3v) is 6.36. The van der Waals surface area contributed by atoms with E-state index < -0.39 is 28.9 Å². The number of halogens is 4. The highest BCUT2D eigenvalue weighted by Crippen LogP contribution is 2.40. The normalized spacial score (nSPS) is 14.8. The number of nitrogen functional groups attached to an aromatic ring is 1. The number of rotatable bonds is 7. The van der Waals surface area contributed by atoms with Crippen molar-refractivity contribution >= 4 is 23.1 Å². The predicted octanol–water partition coefficient (Wildman–Crippen LogP) is 5.62. The van der Waals surface area contributed by atoms with Crippen molar-refractivity contribution in [3.8, 4) is 22.6 Å². The lowest BCUT2D eigenvalue weighted by Crippen LogP contribution is -2.43. The molecule has 4 rings (SSSR count). The molecule has 1 saturated heterocycles. The maximum absolute atomic E-state index is 14.0. The van der Waals surface area contributed by atoms with Crippen LogP contribution in [0.3, 0.4) is 0 Å². The number of nitrogens with one attached hydrogen (secondary N) is 1. The van der Waals surface area contributed by atoms with Crippen LogP contribution in [-0.4, -0.2) is 38.3 Å². The summed E-state index contributed by atoms with van der Waals surface area (Å²) >= 11 is 6.03. The lowest BCUT2D eigenvalue weighted by molar-refractivity contribution is 0.144. The molecule has 186 valence electrons. The molecule has 35 heavy (non-hydrogen) atoms. The number of piperazine rings is 1. The van der Waals surface area contributed by atoms with E-state index in [2.05, 4.69) is 15.2 Å². The molecule has 0 radical (unpaired) electrons. The van der Waals surface area contributed by atoms with Crippen molar-refractivity contribution in [3.05, 3.63) is 64.6 Å². The fourth-order valence-electron chi connectivity index (χ4n) is 4.17. The quantitative estimate of drug-likeness (QED) is 0.433. The Balaban J connectivity index is 1.66. The van der Waals surface area contributed by atoms with Crippen LogP contribution in [0, 0.1) is 5.82 Å². The van der Waals surface area contributed by atoms with Gasteiger partial charge in [0.15, 0.2) is 11.6 Å². The van der Waals surface area contributed by atoms with Gasteiger partial charge >= 0.3 is 0 Å². The van der Waals surface area contributed by atoms with Gasteiger partial charge in [-0.05, 0) is 37.3 Å². The highest BCUT2D eigenvalue weighted by atomic mass is 35.5. The highest BCUT2D eigenvalue weighted by Gasteiger charge is 2.25. The first-order valence-corrected chi connectivity index (χ1v) is 11.5. The van der Waals surface area contributed by atoms with Gasteiger partial charge in [0.1, 0.15) is 17.7 Å². The van der Waals surface area contributed by atoms with Gasteiger partial charge in [-0.25, -0.2) is 18.2 Å². The summed E-state index contributed by atoms with van der Waals surface area (Å²) in [6, 6.07) is 9.45. The van der Waals surface area contributed by atoms with Crippen LogP contribution >= 0.6 is 11.6 Å². The third kappa shape index (κ3) is 5.26. The van der Waals surface area contributed by atoms with Gasteiger partial charge in [0.2, 0.25) is 0 Å². The Hall–Kier alpha value is -3.17. The van der Waals surface area contributed by atoms with E-state index in [1.54, 1.807) is 19.4 Å². The zero-order valence-electron chi connectivity index (χ0n) is 19.3. The molecule has 3 aromatic rings. The Morgan fingerprint density at radius 1 is 1.11 bits per heavy atom. The predicted molar refractivity (Wildman–Crippen MR) is 131 cm³/mol. The van der Waals surface area contributed by atoms with Crippen molar-refractivity contribution in [2.75, 3.05) is 43.9 Å². The molecule has 1 aromatic heterocycles. The molecule has 0 spiro atoms. The van der Waals surface area contributed by atoms with E-state index in [1.807, 2.05) is 18.2 Å². The Labute approximate surface area is 206 Å². The van der Waals surface area contributed by atoms with E-state index in [-0.39, 0.29) is 17.1 Å². The van der Waals surface area contributed by atoms with Crippen LogP contribution in [-0.2, 0) is 0 Å². The number of hydrogen-bond donors (Lipinski definition) is 2. The maximum atomic E-state index is 14.0. The highest BCUT2D eigenvalue weighted by molar-refractivity contribution is 6.31. The fraction of sp³-hybridized carbons (Fsp3) is 0.320. The topological polar surface area (TPSA) is 72.6 Å². The second kappa shape index (κ2) is 10.6. The molecule has 1 aliphatic heterocycles. The number of methoxy groups -OCH3 is 1. The minimum atomic E-state index is -2.85. The van der Waals surface area contributed by atoms with Gasteiger partial charge in [-0.2, -0.15) is 0 Å². The van der Waals surface area contributed by atoms with Gasteiger partial charge in [-0.15, -0.1) is 0 Å². The van der Waals surface area contributed by atoms with Crippen LogP contribution in [0.25, 0.3) is 11.1 Å². The monoisotopic (exact) mass is 506 g/mol. The number of alkyl halides is 2. The van der Waals surface area contributed by atoms with Crippen molar-refractivity contribution in [2.45, 2.75) is 19.5 Å². The zero-order chi connectivity index (χ0) is 25.1. The van der Waals surface area contributed by atoms with E-state index in [9.17, 15) is 13.2 Å². The molecular formula is C25H26ClF3N4O2. The first-order valence-electron chi connectivity index (χ1n) is 11.1. The first-order chi connectivity index (χ1) is 16.8. The average Bonchev–Trinajstić information content (AvgIpc) is 2.86. The second-order valence-corrected chi connectivity index (χ2v) is 8.53. The molecule has 0 bridgehead atoms. The maximum Gasteiger partial charge on any atom is 0.264 e. The molecule has 3 N–H and O–H groups in total. The van der Waals surface area contributed by atoms with Gasteiger partial charge in [-0.3, -0.25) is 0 Å². The lowest BCUT2D eigenvalue weighted by atomic mass is 10.0. The van der Waals surface area contributed by atoms with E-state index in [0.717, 1.165) is 49.6 Å². The molecule has 0 saturated carbocycles. The summed E-state index contributed by atoms with van der Waals surface area (Å²) in [4.78, 5) is 6.48. The molecule has 1 atom stereocenters. The molecule has 1 unspecified atom stereocenters. The molecule has 6 nitrogen and oxygen atoms in total. The van der Waals surface area contributed by atoms with Crippen LogP contribution in [0.4, 0.5) is 24.7 Å². The summed E-state index contributed by atoms with van der Waals surface area (Å²) in [7, 11) is 1.59. The molecule has 10 heteroatoms. The Kier molecular flexibility index (Phi) is 7.57. The Morgan fingerprint density at radius 2 is 1.86 bits per heavy atom. The molecule has 1 aliphatic rings. The smallest absolute Gasteiger partial charge is 0.264 e. The molecule has 0 amide bonds. The summed E-state index contributed by atoms with van der Waals surface area (Å²) in [5, 5.41) is 2.91. The van der Waals surface area contributed by atoms with Crippen LogP contribution in [0.5, 0.6) is 11.5 Å². The number of aromatic nitrogens is 1. The van der Waals surface area contributed by atoms with Crippen LogP contribution in [0.2, 0.25) is 5.02 Å². The molecule has 2 aromatic carbocycles. The van der Waals surface area contributed by atoms with Crippen LogP contribution < -0.4 is 25.4 Å². The van der Waals surface area contributed by atoms with Crippen LogP contribution in [0.1, 0.15) is 30.6 Å². The van der Waals surface area contributed by atoms with Gasteiger partial charge < -0.3 is 25.4 Å². The number of pyridine rings is 1. The van der Waals surface area contributed by atoms with Crippen LogP contribution in [0.15, 0.2) is 42.6 Å². The minimum Gasteiger partial charge on any atom is -0.496 e. The van der Waals surface area contributed by atoms with Gasteiger partial charge in [0, 0.05) is 66.4 Å². The van der Waals surface area contributed by atoms with E-state index in [1.165, 1.54) is 6.92 Å². The van der Waals surface area contributed by atoms with Crippen molar-refractivity contribution < 1.29 is 22.6 Å². The number of nitrogens with two attached hydrogens (primary N) is 1. The van der Waals surface area contributed by atoms with Gasteiger partial charge in [-0.1, -0.05) is 11.6 Å². The fourth-order valence-corrected chi connectivity index (χ4v) is 4.49. The largest absolute Gasteiger partial charge is 0.496 e. The summed E-state index contributed by atoms with van der Waals surface area (Å²) in [5.41, 5.74) is 7.93.